The summed E-state index contributed by atoms with van der Waals surface area (Å²) in [5.41, 5.74) is 1.09. The van der Waals surface area contributed by atoms with E-state index in [1.54, 1.807) is 0 Å². The van der Waals surface area contributed by atoms with Gasteiger partial charge in [0.15, 0.2) is 0 Å². The van der Waals surface area contributed by atoms with Gasteiger partial charge in [-0.15, -0.1) is 11.3 Å². The monoisotopic (exact) mass is 303 g/mol. The van der Waals surface area contributed by atoms with Crippen LogP contribution in [0.1, 0.15) is 34.5 Å². The number of aryl methyl sites for hydroxylation is 1. The smallest absolute Gasteiger partial charge is 0.263 e. The number of carbonyl (C=O) groups is 1. The topological polar surface area (TPSA) is 20.3 Å². The van der Waals surface area contributed by atoms with Crippen LogP contribution in [-0.4, -0.2) is 29.7 Å². The summed E-state index contributed by atoms with van der Waals surface area (Å²) in [6.45, 7) is 2.84. The number of carbonyl (C=O) groups excluding carboxylic acids is 1. The van der Waals surface area contributed by atoms with Gasteiger partial charge in [0.1, 0.15) is 0 Å². The van der Waals surface area contributed by atoms with Crippen LogP contribution in [0, 0.1) is 6.92 Å². The summed E-state index contributed by atoms with van der Waals surface area (Å²) in [5.74, 6) is 0.159. The molecule has 4 heteroatoms. The second-order valence-corrected chi connectivity index (χ2v) is 5.62. The molecule has 0 aliphatic heterocycles. The van der Waals surface area contributed by atoms with Crippen LogP contribution in [0.3, 0.4) is 0 Å². The second-order valence-electron chi connectivity index (χ2n) is 3.91. The number of hydrogen-bond acceptors (Lipinski definition) is 2. The predicted molar refractivity (Wildman–Crippen MR) is 73.7 cm³/mol. The quantitative estimate of drug-likeness (QED) is 0.580. The van der Waals surface area contributed by atoms with Crippen LogP contribution in [-0.2, 0) is 0 Å². The van der Waals surface area contributed by atoms with Gasteiger partial charge in [-0.2, -0.15) is 0 Å². The first-order valence-electron chi connectivity index (χ1n) is 5.52. The standard InChI is InChI=1S/C12H18BrNOS/c1-10-6-9-16-11(10)12(15)14(2)8-5-3-4-7-13/h6,9H,3-5,7-8H2,1-2H3. The van der Waals surface area contributed by atoms with Crippen LogP contribution in [0.4, 0.5) is 0 Å². The highest BCUT2D eigenvalue weighted by molar-refractivity contribution is 9.09. The van der Waals surface area contributed by atoms with E-state index in [1.807, 2.05) is 30.3 Å². The van der Waals surface area contributed by atoms with Crippen LogP contribution < -0.4 is 0 Å². The van der Waals surface area contributed by atoms with Gasteiger partial charge < -0.3 is 4.90 Å². The van der Waals surface area contributed by atoms with Crippen LogP contribution in [0.15, 0.2) is 11.4 Å². The van der Waals surface area contributed by atoms with Crippen molar-refractivity contribution in [3.8, 4) is 0 Å². The van der Waals surface area contributed by atoms with E-state index in [-0.39, 0.29) is 5.91 Å². The lowest BCUT2D eigenvalue weighted by Gasteiger charge is -2.16. The summed E-state index contributed by atoms with van der Waals surface area (Å²) in [6.07, 6.45) is 3.44. The van der Waals surface area contributed by atoms with E-state index < -0.39 is 0 Å². The second kappa shape index (κ2) is 7.07. The average Bonchev–Trinajstić information content (AvgIpc) is 2.69. The van der Waals surface area contributed by atoms with Crippen molar-refractivity contribution in [2.75, 3.05) is 18.9 Å². The summed E-state index contributed by atoms with van der Waals surface area (Å²) < 4.78 is 0. The Morgan fingerprint density at radius 1 is 1.44 bits per heavy atom. The molecule has 0 saturated heterocycles. The van der Waals surface area contributed by atoms with Gasteiger partial charge in [0.05, 0.1) is 4.88 Å². The summed E-state index contributed by atoms with van der Waals surface area (Å²) in [7, 11) is 1.88. The van der Waals surface area contributed by atoms with Gasteiger partial charge in [0.25, 0.3) is 5.91 Å². The van der Waals surface area contributed by atoms with Crippen molar-refractivity contribution in [2.45, 2.75) is 26.2 Å². The molecule has 16 heavy (non-hydrogen) atoms. The average molecular weight is 304 g/mol. The largest absolute Gasteiger partial charge is 0.341 e. The van der Waals surface area contributed by atoms with Gasteiger partial charge in [0.2, 0.25) is 0 Å². The fourth-order valence-corrected chi connectivity index (χ4v) is 2.80. The fourth-order valence-electron chi connectivity index (χ4n) is 1.49. The van der Waals surface area contributed by atoms with Gasteiger partial charge in [-0.1, -0.05) is 22.4 Å². The molecule has 1 amide bonds. The van der Waals surface area contributed by atoms with Crippen LogP contribution in [0.2, 0.25) is 0 Å². The molecule has 0 aliphatic rings. The third kappa shape index (κ3) is 3.91. The molecule has 0 fully saturated rings. The van der Waals surface area contributed by atoms with Crippen molar-refractivity contribution in [2.24, 2.45) is 0 Å². The number of hydrogen-bond donors (Lipinski definition) is 0. The number of nitrogens with zero attached hydrogens (tertiary/aromatic N) is 1. The molecule has 0 bridgehead atoms. The lowest BCUT2D eigenvalue weighted by molar-refractivity contribution is 0.0797. The van der Waals surface area contributed by atoms with Crippen molar-refractivity contribution in [3.05, 3.63) is 21.9 Å². The third-order valence-corrected chi connectivity index (χ3v) is 4.10. The Labute approximate surface area is 110 Å². The lowest BCUT2D eigenvalue weighted by Crippen LogP contribution is -2.27. The summed E-state index contributed by atoms with van der Waals surface area (Å²) in [5, 5.41) is 3.02. The van der Waals surface area contributed by atoms with Crippen LogP contribution in [0.25, 0.3) is 0 Å². The number of thiophene rings is 1. The number of unbranched alkanes of at least 4 members (excludes halogenated alkanes) is 2. The third-order valence-electron chi connectivity index (χ3n) is 2.53. The molecular weight excluding hydrogens is 286 g/mol. The zero-order chi connectivity index (χ0) is 12.0. The van der Waals surface area contributed by atoms with Gasteiger partial charge in [-0.05, 0) is 36.8 Å². The van der Waals surface area contributed by atoms with E-state index in [4.69, 9.17) is 0 Å². The van der Waals surface area contributed by atoms with E-state index >= 15 is 0 Å². The molecule has 0 spiro atoms. The Hall–Kier alpha value is -0.350. The first-order chi connectivity index (χ1) is 7.66. The molecule has 2 nitrogen and oxygen atoms in total. The molecule has 1 heterocycles. The molecule has 0 aromatic carbocycles. The maximum atomic E-state index is 12.0. The maximum absolute atomic E-state index is 12.0. The first kappa shape index (κ1) is 13.7. The van der Waals surface area contributed by atoms with Gasteiger partial charge >= 0.3 is 0 Å². The van der Waals surface area contributed by atoms with Gasteiger partial charge in [-0.3, -0.25) is 4.79 Å². The molecule has 0 N–H and O–H groups in total. The predicted octanol–water partition coefficient (Wildman–Crippen LogP) is 3.69. The Kier molecular flexibility index (Phi) is 6.06. The Morgan fingerprint density at radius 2 is 2.19 bits per heavy atom. The highest BCUT2D eigenvalue weighted by Crippen LogP contribution is 2.17. The van der Waals surface area contributed by atoms with E-state index in [0.29, 0.717) is 0 Å². The van der Waals surface area contributed by atoms with Crippen LogP contribution in [0.5, 0.6) is 0 Å². The normalized spacial score (nSPS) is 10.4. The Balaban J connectivity index is 2.40. The SMILES string of the molecule is Cc1ccsc1C(=O)N(C)CCCCCBr. The van der Waals surface area contributed by atoms with E-state index in [9.17, 15) is 4.79 Å². The van der Waals surface area contributed by atoms with Crippen molar-refractivity contribution in [1.82, 2.24) is 4.90 Å². The molecule has 0 aliphatic carbocycles. The highest BCUT2D eigenvalue weighted by atomic mass is 79.9. The molecule has 1 aromatic heterocycles. The Bertz CT molecular complexity index is 338. The minimum atomic E-state index is 0.159. The molecule has 1 aromatic rings. The summed E-state index contributed by atoms with van der Waals surface area (Å²) in [6, 6.07) is 2.00. The maximum Gasteiger partial charge on any atom is 0.263 e. The van der Waals surface area contributed by atoms with E-state index in [2.05, 4.69) is 15.9 Å². The van der Waals surface area contributed by atoms with Crippen molar-refractivity contribution < 1.29 is 4.79 Å². The number of rotatable bonds is 6. The highest BCUT2D eigenvalue weighted by Gasteiger charge is 2.14. The molecule has 0 unspecified atom stereocenters. The zero-order valence-electron chi connectivity index (χ0n) is 9.83. The van der Waals surface area contributed by atoms with Gasteiger partial charge in [-0.25, -0.2) is 0 Å². The minimum Gasteiger partial charge on any atom is -0.341 e. The minimum absolute atomic E-state index is 0.159. The number of halogens is 1. The van der Waals surface area contributed by atoms with Crippen molar-refractivity contribution in [1.29, 1.82) is 0 Å². The number of alkyl halides is 1. The lowest BCUT2D eigenvalue weighted by atomic mass is 10.2. The number of amides is 1. The summed E-state index contributed by atoms with van der Waals surface area (Å²) >= 11 is 4.94. The molecule has 0 atom stereocenters. The van der Waals surface area contributed by atoms with Crippen molar-refractivity contribution >= 4 is 33.2 Å². The van der Waals surface area contributed by atoms with Crippen LogP contribution >= 0.6 is 27.3 Å². The molecule has 0 radical (unpaired) electrons. The van der Waals surface area contributed by atoms with E-state index in [1.165, 1.54) is 24.2 Å². The first-order valence-corrected chi connectivity index (χ1v) is 7.52. The molecule has 1 rings (SSSR count). The molecular formula is C12H18BrNOS. The summed E-state index contributed by atoms with van der Waals surface area (Å²) in [4.78, 5) is 14.7. The fraction of sp³-hybridized carbons (Fsp3) is 0.583. The van der Waals surface area contributed by atoms with Crippen molar-refractivity contribution in [3.63, 3.8) is 0 Å². The van der Waals surface area contributed by atoms with E-state index in [0.717, 1.165) is 28.7 Å². The molecule has 0 saturated carbocycles. The molecule has 90 valence electrons. The Morgan fingerprint density at radius 3 is 2.75 bits per heavy atom. The zero-order valence-corrected chi connectivity index (χ0v) is 12.2. The van der Waals surface area contributed by atoms with Gasteiger partial charge in [0, 0.05) is 18.9 Å².